The van der Waals surface area contributed by atoms with Crippen molar-refractivity contribution in [2.75, 3.05) is 13.1 Å². The molecule has 1 amide bonds. The number of likely N-dealkylation sites (tertiary alicyclic amines) is 1. The van der Waals surface area contributed by atoms with Crippen LogP contribution in [0.4, 0.5) is 0 Å². The first-order valence-electron chi connectivity index (χ1n) is 6.78. The summed E-state index contributed by atoms with van der Waals surface area (Å²) in [5, 5.41) is 4.87. The van der Waals surface area contributed by atoms with E-state index in [9.17, 15) is 4.79 Å². The summed E-state index contributed by atoms with van der Waals surface area (Å²) in [6.07, 6.45) is 5.66. The third kappa shape index (κ3) is 2.70. The zero-order valence-corrected chi connectivity index (χ0v) is 11.8. The Morgan fingerprint density at radius 2 is 2.05 bits per heavy atom. The quantitative estimate of drug-likeness (QED) is 0.852. The molecule has 4 nitrogen and oxygen atoms in total. The number of aromatic nitrogens is 2. The summed E-state index contributed by atoms with van der Waals surface area (Å²) < 4.78 is 1.99. The molecule has 3 rings (SSSR count). The van der Waals surface area contributed by atoms with Crippen LogP contribution in [-0.4, -0.2) is 33.7 Å². The standard InChI is InChI=1S/C15H16ClN3O/c16-13-4-1-3-12(11-13)15(20)18-9-5-14(6-10-18)19-8-2-7-17-19/h1-4,7-8,11,14H,5-6,9-10H2. The minimum Gasteiger partial charge on any atom is -0.338 e. The second kappa shape index (κ2) is 5.67. The lowest BCUT2D eigenvalue weighted by atomic mass is 10.0. The minimum absolute atomic E-state index is 0.0615. The van der Waals surface area contributed by atoms with Crippen LogP contribution in [0.3, 0.4) is 0 Å². The third-order valence-corrected chi connectivity index (χ3v) is 3.96. The number of hydrogen-bond donors (Lipinski definition) is 0. The molecule has 104 valence electrons. The highest BCUT2D eigenvalue weighted by atomic mass is 35.5. The number of hydrogen-bond acceptors (Lipinski definition) is 2. The number of rotatable bonds is 2. The Hall–Kier alpha value is -1.81. The lowest BCUT2D eigenvalue weighted by Crippen LogP contribution is -2.39. The largest absolute Gasteiger partial charge is 0.338 e. The average molecular weight is 290 g/mol. The maximum atomic E-state index is 12.4. The van der Waals surface area contributed by atoms with Crippen LogP contribution in [0.2, 0.25) is 5.02 Å². The van der Waals surface area contributed by atoms with Gasteiger partial charge in [-0.3, -0.25) is 9.48 Å². The van der Waals surface area contributed by atoms with Gasteiger partial charge in [0.2, 0.25) is 0 Å². The van der Waals surface area contributed by atoms with E-state index in [4.69, 9.17) is 11.6 Å². The Kier molecular flexibility index (Phi) is 3.74. The molecule has 20 heavy (non-hydrogen) atoms. The van der Waals surface area contributed by atoms with E-state index in [0.717, 1.165) is 25.9 Å². The van der Waals surface area contributed by atoms with E-state index < -0.39 is 0 Å². The summed E-state index contributed by atoms with van der Waals surface area (Å²) in [6, 6.07) is 9.46. The van der Waals surface area contributed by atoms with E-state index in [2.05, 4.69) is 5.10 Å². The SMILES string of the molecule is O=C(c1cccc(Cl)c1)N1CCC(n2cccn2)CC1. The summed E-state index contributed by atoms with van der Waals surface area (Å²) in [7, 11) is 0. The van der Waals surface area contributed by atoms with Gasteiger partial charge >= 0.3 is 0 Å². The van der Waals surface area contributed by atoms with Crippen molar-refractivity contribution >= 4 is 17.5 Å². The van der Waals surface area contributed by atoms with Crippen LogP contribution < -0.4 is 0 Å². The van der Waals surface area contributed by atoms with Gasteiger partial charge in [-0.05, 0) is 37.1 Å². The van der Waals surface area contributed by atoms with Crippen LogP contribution in [-0.2, 0) is 0 Å². The monoisotopic (exact) mass is 289 g/mol. The fourth-order valence-corrected chi connectivity index (χ4v) is 2.82. The zero-order chi connectivity index (χ0) is 13.9. The van der Waals surface area contributed by atoms with Gasteiger partial charge in [-0.15, -0.1) is 0 Å². The first-order valence-corrected chi connectivity index (χ1v) is 7.16. The van der Waals surface area contributed by atoms with Gasteiger partial charge in [0, 0.05) is 36.1 Å². The maximum absolute atomic E-state index is 12.4. The van der Waals surface area contributed by atoms with Gasteiger partial charge in [0.05, 0.1) is 6.04 Å². The molecule has 2 heterocycles. The molecule has 0 aliphatic carbocycles. The molecule has 1 aromatic heterocycles. The number of amides is 1. The van der Waals surface area contributed by atoms with Crippen molar-refractivity contribution in [2.45, 2.75) is 18.9 Å². The van der Waals surface area contributed by atoms with Crippen LogP contribution in [0.1, 0.15) is 29.2 Å². The molecule has 0 N–H and O–H groups in total. The van der Waals surface area contributed by atoms with Crippen molar-refractivity contribution in [1.29, 1.82) is 0 Å². The van der Waals surface area contributed by atoms with Crippen molar-refractivity contribution in [3.8, 4) is 0 Å². The number of halogens is 1. The third-order valence-electron chi connectivity index (χ3n) is 3.72. The van der Waals surface area contributed by atoms with Crippen molar-refractivity contribution in [1.82, 2.24) is 14.7 Å². The number of nitrogens with zero attached hydrogens (tertiary/aromatic N) is 3. The maximum Gasteiger partial charge on any atom is 0.253 e. The molecule has 0 spiro atoms. The summed E-state index contributed by atoms with van der Waals surface area (Å²) in [5.41, 5.74) is 0.662. The summed E-state index contributed by atoms with van der Waals surface area (Å²) in [6.45, 7) is 1.52. The van der Waals surface area contributed by atoms with E-state index >= 15 is 0 Å². The highest BCUT2D eigenvalue weighted by molar-refractivity contribution is 6.30. The van der Waals surface area contributed by atoms with Crippen molar-refractivity contribution in [2.24, 2.45) is 0 Å². The molecule has 0 bridgehead atoms. The van der Waals surface area contributed by atoms with Gasteiger partial charge in [-0.25, -0.2) is 0 Å². The van der Waals surface area contributed by atoms with Gasteiger partial charge in [-0.2, -0.15) is 5.10 Å². The number of carbonyl (C=O) groups is 1. The van der Waals surface area contributed by atoms with Crippen LogP contribution in [0, 0.1) is 0 Å². The first-order chi connectivity index (χ1) is 9.74. The molecule has 5 heteroatoms. The van der Waals surface area contributed by atoms with E-state index in [1.165, 1.54) is 0 Å². The molecule has 0 saturated carbocycles. The Labute approximate surface area is 123 Å². The van der Waals surface area contributed by atoms with Crippen LogP contribution >= 0.6 is 11.6 Å². The van der Waals surface area contributed by atoms with Crippen LogP contribution in [0.25, 0.3) is 0 Å². The van der Waals surface area contributed by atoms with Crippen LogP contribution in [0.15, 0.2) is 42.7 Å². The number of piperidine rings is 1. The normalized spacial score (nSPS) is 16.4. The molecular formula is C15H16ClN3O. The van der Waals surface area contributed by atoms with E-state index in [1.807, 2.05) is 34.0 Å². The lowest BCUT2D eigenvalue weighted by molar-refractivity contribution is 0.0690. The fraction of sp³-hybridized carbons (Fsp3) is 0.333. The van der Waals surface area contributed by atoms with Crippen molar-refractivity contribution < 1.29 is 4.79 Å². The molecule has 1 aliphatic heterocycles. The highest BCUT2D eigenvalue weighted by Crippen LogP contribution is 2.23. The van der Waals surface area contributed by atoms with E-state index in [1.54, 1.807) is 18.3 Å². The molecule has 1 fully saturated rings. The predicted octanol–water partition coefficient (Wildman–Crippen LogP) is 3.01. The molecule has 1 saturated heterocycles. The Bertz CT molecular complexity index is 589. The van der Waals surface area contributed by atoms with E-state index in [-0.39, 0.29) is 5.91 Å². The molecular weight excluding hydrogens is 274 g/mol. The van der Waals surface area contributed by atoms with Crippen molar-refractivity contribution in [3.05, 3.63) is 53.3 Å². The molecule has 1 aromatic carbocycles. The van der Waals surface area contributed by atoms with Gasteiger partial charge in [0.15, 0.2) is 0 Å². The Morgan fingerprint density at radius 1 is 1.25 bits per heavy atom. The molecule has 0 atom stereocenters. The predicted molar refractivity (Wildman–Crippen MR) is 77.9 cm³/mol. The molecule has 0 unspecified atom stereocenters. The van der Waals surface area contributed by atoms with Gasteiger partial charge < -0.3 is 4.90 Å². The lowest BCUT2D eigenvalue weighted by Gasteiger charge is -2.32. The smallest absolute Gasteiger partial charge is 0.253 e. The Balaban J connectivity index is 1.65. The van der Waals surface area contributed by atoms with Crippen molar-refractivity contribution in [3.63, 3.8) is 0 Å². The first kappa shape index (κ1) is 13.2. The average Bonchev–Trinajstić information content (AvgIpc) is 3.01. The highest BCUT2D eigenvalue weighted by Gasteiger charge is 2.24. The van der Waals surface area contributed by atoms with Gasteiger partial charge in [-0.1, -0.05) is 17.7 Å². The topological polar surface area (TPSA) is 38.1 Å². The number of carbonyl (C=O) groups excluding carboxylic acids is 1. The van der Waals surface area contributed by atoms with Crippen LogP contribution in [0.5, 0.6) is 0 Å². The molecule has 0 radical (unpaired) electrons. The second-order valence-electron chi connectivity index (χ2n) is 5.02. The zero-order valence-electron chi connectivity index (χ0n) is 11.1. The fourth-order valence-electron chi connectivity index (χ4n) is 2.63. The van der Waals surface area contributed by atoms with Gasteiger partial charge in [0.25, 0.3) is 5.91 Å². The summed E-state index contributed by atoms with van der Waals surface area (Å²) in [5.74, 6) is 0.0615. The van der Waals surface area contributed by atoms with Gasteiger partial charge in [0.1, 0.15) is 0 Å². The minimum atomic E-state index is 0.0615. The summed E-state index contributed by atoms with van der Waals surface area (Å²) >= 11 is 5.94. The molecule has 1 aliphatic rings. The number of benzene rings is 1. The summed E-state index contributed by atoms with van der Waals surface area (Å²) in [4.78, 5) is 14.3. The molecule has 2 aromatic rings. The second-order valence-corrected chi connectivity index (χ2v) is 5.46. The Morgan fingerprint density at radius 3 is 2.70 bits per heavy atom. The van der Waals surface area contributed by atoms with E-state index in [0.29, 0.717) is 16.6 Å².